The second kappa shape index (κ2) is 7.77. The van der Waals surface area contributed by atoms with Crippen LogP contribution in [0.25, 0.3) is 5.82 Å². The van der Waals surface area contributed by atoms with Gasteiger partial charge in [-0.2, -0.15) is 0 Å². The lowest BCUT2D eigenvalue weighted by atomic mass is 10.0. The molecule has 0 unspecified atom stereocenters. The van der Waals surface area contributed by atoms with Gasteiger partial charge in [-0.05, 0) is 55.4 Å². The van der Waals surface area contributed by atoms with Crippen molar-refractivity contribution < 1.29 is 9.18 Å². The molecule has 6 nitrogen and oxygen atoms in total. The first-order chi connectivity index (χ1) is 13.5. The topological polar surface area (TPSA) is 82.8 Å². The highest BCUT2D eigenvalue weighted by molar-refractivity contribution is 6.31. The molecule has 0 bridgehead atoms. The van der Waals surface area contributed by atoms with Crippen LogP contribution in [-0.2, 0) is 0 Å². The van der Waals surface area contributed by atoms with E-state index in [1.165, 1.54) is 12.1 Å². The second-order valence-corrected chi connectivity index (χ2v) is 7.36. The number of carbonyl (C=O) groups is 1. The van der Waals surface area contributed by atoms with Gasteiger partial charge in [-0.25, -0.2) is 4.39 Å². The number of likely N-dealkylation sites (tertiary alicyclic amines) is 1. The zero-order valence-electron chi connectivity index (χ0n) is 15.2. The number of hydrogen-bond acceptors (Lipinski definition) is 5. The largest absolute Gasteiger partial charge is 0.366 e. The van der Waals surface area contributed by atoms with Crippen LogP contribution in [-0.4, -0.2) is 37.1 Å². The summed E-state index contributed by atoms with van der Waals surface area (Å²) in [5, 5.41) is 8.50. The van der Waals surface area contributed by atoms with Gasteiger partial charge in [-0.1, -0.05) is 17.7 Å². The Morgan fingerprint density at radius 2 is 2.18 bits per heavy atom. The molecule has 0 radical (unpaired) electrons. The van der Waals surface area contributed by atoms with Crippen molar-refractivity contribution in [1.82, 2.24) is 15.5 Å². The predicted octanol–water partition coefficient (Wildman–Crippen LogP) is 0.861. The molecular formula is C20H21ClFN5O. The molecule has 0 spiro atoms. The fourth-order valence-electron chi connectivity index (χ4n) is 3.54. The number of nitrogens with one attached hydrogen (secondary N) is 2. The number of halogens is 2. The Labute approximate surface area is 166 Å². The Bertz CT molecular complexity index is 1040. The zero-order chi connectivity index (χ0) is 19.7. The van der Waals surface area contributed by atoms with Crippen LogP contribution in [0.5, 0.6) is 0 Å². The summed E-state index contributed by atoms with van der Waals surface area (Å²) in [6, 6.07) is 9.46. The third kappa shape index (κ3) is 3.68. The summed E-state index contributed by atoms with van der Waals surface area (Å²) in [6.45, 7) is 3.01. The van der Waals surface area contributed by atoms with Crippen LogP contribution in [0.3, 0.4) is 0 Å². The van der Waals surface area contributed by atoms with E-state index in [0.29, 0.717) is 34.7 Å². The van der Waals surface area contributed by atoms with Crippen LogP contribution >= 0.6 is 11.6 Å². The summed E-state index contributed by atoms with van der Waals surface area (Å²) in [4.78, 5) is 18.4. The SMILES string of the molecule is NC(=O)c1cccc2c1=NCNC=2N[C@H](CN1CCC1)c1cc(F)ccc1Cl. The molecule has 2 aliphatic heterocycles. The molecule has 2 aromatic carbocycles. The number of primary amides is 1. The molecule has 146 valence electrons. The van der Waals surface area contributed by atoms with Gasteiger partial charge in [-0.15, -0.1) is 0 Å². The number of fused-ring (bicyclic) bond motifs is 1. The molecule has 1 saturated heterocycles. The van der Waals surface area contributed by atoms with E-state index in [1.54, 1.807) is 18.2 Å². The minimum Gasteiger partial charge on any atom is -0.366 e. The maximum Gasteiger partial charge on any atom is 0.250 e. The average molecular weight is 402 g/mol. The van der Waals surface area contributed by atoms with Crippen LogP contribution in [0.1, 0.15) is 28.4 Å². The highest BCUT2D eigenvalue weighted by Gasteiger charge is 2.24. The highest BCUT2D eigenvalue weighted by Crippen LogP contribution is 2.26. The Kier molecular flexibility index (Phi) is 5.19. The first-order valence-corrected chi connectivity index (χ1v) is 9.56. The van der Waals surface area contributed by atoms with Crippen molar-refractivity contribution in [2.75, 3.05) is 26.3 Å². The summed E-state index contributed by atoms with van der Waals surface area (Å²) >= 11 is 6.39. The van der Waals surface area contributed by atoms with Gasteiger partial charge in [0.05, 0.1) is 17.0 Å². The van der Waals surface area contributed by atoms with Crippen molar-refractivity contribution in [2.45, 2.75) is 12.5 Å². The van der Waals surface area contributed by atoms with Gasteiger partial charge in [0.2, 0.25) is 0 Å². The first kappa shape index (κ1) is 18.7. The van der Waals surface area contributed by atoms with Crippen molar-refractivity contribution >= 4 is 23.3 Å². The average Bonchev–Trinajstić information content (AvgIpc) is 2.65. The van der Waals surface area contributed by atoms with Crippen molar-refractivity contribution in [3.63, 3.8) is 0 Å². The van der Waals surface area contributed by atoms with Gasteiger partial charge in [0.25, 0.3) is 5.91 Å². The second-order valence-electron chi connectivity index (χ2n) is 6.95. The zero-order valence-corrected chi connectivity index (χ0v) is 16.0. The van der Waals surface area contributed by atoms with E-state index < -0.39 is 5.91 Å². The summed E-state index contributed by atoms with van der Waals surface area (Å²) in [5.41, 5.74) is 6.56. The van der Waals surface area contributed by atoms with E-state index in [9.17, 15) is 9.18 Å². The fourth-order valence-corrected chi connectivity index (χ4v) is 3.79. The van der Waals surface area contributed by atoms with Crippen LogP contribution in [0.4, 0.5) is 4.39 Å². The number of nitrogens with zero attached hydrogens (tertiary/aromatic N) is 2. The van der Waals surface area contributed by atoms with Gasteiger partial charge >= 0.3 is 0 Å². The predicted molar refractivity (Wildman–Crippen MR) is 105 cm³/mol. The molecule has 4 rings (SSSR count). The van der Waals surface area contributed by atoms with Crippen molar-refractivity contribution in [3.8, 4) is 0 Å². The smallest absolute Gasteiger partial charge is 0.250 e. The summed E-state index contributed by atoms with van der Waals surface area (Å²) in [6.07, 6.45) is 1.15. The third-order valence-corrected chi connectivity index (χ3v) is 5.45. The molecule has 2 aliphatic rings. The third-order valence-electron chi connectivity index (χ3n) is 5.11. The Balaban J connectivity index is 1.77. The number of hydrogen-bond donors (Lipinski definition) is 3. The van der Waals surface area contributed by atoms with E-state index in [2.05, 4.69) is 20.5 Å². The lowest BCUT2D eigenvalue weighted by molar-refractivity contribution is 0.0999. The summed E-state index contributed by atoms with van der Waals surface area (Å²) in [5.74, 6) is -0.131. The van der Waals surface area contributed by atoms with E-state index in [0.717, 1.165) is 30.5 Å². The minimum atomic E-state index is -0.521. The monoisotopic (exact) mass is 401 g/mol. The van der Waals surface area contributed by atoms with Gasteiger partial charge in [-0.3, -0.25) is 9.79 Å². The fraction of sp³-hybridized carbons (Fsp3) is 0.300. The van der Waals surface area contributed by atoms with Crippen molar-refractivity contribution in [2.24, 2.45) is 10.7 Å². The minimum absolute atomic E-state index is 0.228. The van der Waals surface area contributed by atoms with Gasteiger partial charge < -0.3 is 21.3 Å². The summed E-state index contributed by atoms with van der Waals surface area (Å²) < 4.78 is 13.9. The number of para-hydroxylation sites is 1. The molecule has 4 N–H and O–H groups in total. The highest BCUT2D eigenvalue weighted by atomic mass is 35.5. The van der Waals surface area contributed by atoms with Gasteiger partial charge in [0, 0.05) is 16.8 Å². The molecular weight excluding hydrogens is 381 g/mol. The van der Waals surface area contributed by atoms with Crippen LogP contribution in [0.2, 0.25) is 5.02 Å². The lowest BCUT2D eigenvalue weighted by Crippen LogP contribution is -2.49. The number of carbonyl (C=O) groups excluding carboxylic acids is 1. The number of rotatable bonds is 6. The molecule has 0 aromatic heterocycles. The van der Waals surface area contributed by atoms with E-state index in [1.807, 2.05) is 6.07 Å². The molecule has 0 aliphatic carbocycles. The summed E-state index contributed by atoms with van der Waals surface area (Å²) in [7, 11) is 0. The number of amides is 1. The molecule has 0 saturated carbocycles. The molecule has 2 aromatic rings. The normalized spacial score (nSPS) is 17.0. The van der Waals surface area contributed by atoms with Crippen molar-refractivity contribution in [3.05, 3.63) is 68.9 Å². The molecule has 1 amide bonds. The molecule has 8 heteroatoms. The molecule has 1 atom stereocenters. The van der Waals surface area contributed by atoms with Crippen LogP contribution in [0.15, 0.2) is 41.4 Å². The maximum atomic E-state index is 13.9. The molecule has 28 heavy (non-hydrogen) atoms. The Morgan fingerprint density at radius 1 is 1.36 bits per heavy atom. The van der Waals surface area contributed by atoms with Crippen LogP contribution < -0.4 is 26.9 Å². The number of benzene rings is 2. The van der Waals surface area contributed by atoms with Crippen molar-refractivity contribution in [1.29, 1.82) is 0 Å². The quantitative estimate of drug-likeness (QED) is 0.670. The lowest BCUT2D eigenvalue weighted by Gasteiger charge is -2.35. The Morgan fingerprint density at radius 3 is 2.89 bits per heavy atom. The van der Waals surface area contributed by atoms with Gasteiger partial charge in [0.15, 0.2) is 0 Å². The standard InChI is InChI=1S/C20H21ClFN5O/c21-16-6-5-12(22)9-15(16)17(10-27-7-2-8-27)26-20-14-4-1-3-13(19(23)28)18(14)24-11-25-20/h1,3-6,9,17,25-26H,2,7-8,10-11H2,(H2,23,28)/t17-/m1/s1. The number of nitrogens with two attached hydrogens (primary N) is 1. The Hall–Kier alpha value is -2.64. The van der Waals surface area contributed by atoms with E-state index >= 15 is 0 Å². The van der Waals surface area contributed by atoms with Crippen LogP contribution in [0, 0.1) is 5.82 Å². The maximum absolute atomic E-state index is 13.9. The van der Waals surface area contributed by atoms with Gasteiger partial charge in [0.1, 0.15) is 18.3 Å². The van der Waals surface area contributed by atoms with E-state index in [-0.39, 0.29) is 11.9 Å². The molecule has 2 heterocycles. The van der Waals surface area contributed by atoms with E-state index in [4.69, 9.17) is 17.3 Å². The molecule has 1 fully saturated rings. The first-order valence-electron chi connectivity index (χ1n) is 9.18.